The van der Waals surface area contributed by atoms with E-state index < -0.39 is 11.9 Å². The van der Waals surface area contributed by atoms with Crippen molar-refractivity contribution in [3.63, 3.8) is 0 Å². The van der Waals surface area contributed by atoms with E-state index in [1.165, 1.54) is 43.7 Å². The fraction of sp³-hybridized carbons (Fsp3) is 0.381. The van der Waals surface area contributed by atoms with Gasteiger partial charge in [-0.15, -0.1) is 0 Å². The molecule has 0 saturated carbocycles. The lowest BCUT2D eigenvalue weighted by atomic mass is 10.1. The summed E-state index contributed by atoms with van der Waals surface area (Å²) >= 11 is 0. The molecule has 2 aromatic rings. The smallest absolute Gasteiger partial charge is 0.414 e. The highest BCUT2D eigenvalue weighted by atomic mass is 16.4. The normalized spacial score (nSPS) is 14.7. The standard InChI is InChI=1S/C19H25N3.C2H2O4/c1-2-7-18(8-3-1)9-6-12-21-13-15-22(16-14-21)17-19-10-4-5-11-20-19;3-1(4)2(5)6/h1-5,7-8,10-11H,6,9,12-17H2;(H,3,4)(H,5,6). The van der Waals surface area contributed by atoms with Crippen LogP contribution in [0.5, 0.6) is 0 Å². The first-order chi connectivity index (χ1) is 13.5. The molecule has 0 aliphatic carbocycles. The predicted octanol–water partition coefficient (Wildman–Crippen LogP) is 1.99. The lowest BCUT2D eigenvalue weighted by molar-refractivity contribution is -0.159. The largest absolute Gasteiger partial charge is 0.473 e. The van der Waals surface area contributed by atoms with Crippen LogP contribution in [0.15, 0.2) is 54.7 Å². The first kappa shape index (κ1) is 21.5. The Bertz CT molecular complexity index is 705. The summed E-state index contributed by atoms with van der Waals surface area (Å²) in [6.07, 6.45) is 4.33. The molecule has 7 nitrogen and oxygen atoms in total. The van der Waals surface area contributed by atoms with Crippen LogP contribution in [0.4, 0.5) is 0 Å². The molecule has 0 bridgehead atoms. The number of carboxylic acid groups (broad SMARTS) is 2. The van der Waals surface area contributed by atoms with E-state index in [-0.39, 0.29) is 0 Å². The summed E-state index contributed by atoms with van der Waals surface area (Å²) in [4.78, 5) is 27.7. The van der Waals surface area contributed by atoms with Crippen molar-refractivity contribution in [2.75, 3.05) is 32.7 Å². The fourth-order valence-electron chi connectivity index (χ4n) is 3.04. The van der Waals surface area contributed by atoms with Crippen LogP contribution >= 0.6 is 0 Å². The summed E-state index contributed by atoms with van der Waals surface area (Å²) in [7, 11) is 0. The Morgan fingerprint density at radius 3 is 2.04 bits per heavy atom. The Balaban J connectivity index is 0.000000409. The third kappa shape index (κ3) is 8.28. The number of carboxylic acids is 2. The Labute approximate surface area is 165 Å². The number of piperazine rings is 1. The Morgan fingerprint density at radius 1 is 0.857 bits per heavy atom. The van der Waals surface area contributed by atoms with Crippen molar-refractivity contribution in [1.82, 2.24) is 14.8 Å². The van der Waals surface area contributed by atoms with E-state index in [0.29, 0.717) is 0 Å². The average Bonchev–Trinajstić information content (AvgIpc) is 2.71. The van der Waals surface area contributed by atoms with E-state index in [0.717, 1.165) is 19.6 Å². The molecule has 1 aromatic carbocycles. The molecule has 0 spiro atoms. The van der Waals surface area contributed by atoms with Gasteiger partial charge in [0, 0.05) is 38.9 Å². The Hall–Kier alpha value is -2.77. The highest BCUT2D eigenvalue weighted by Gasteiger charge is 2.16. The Morgan fingerprint density at radius 2 is 1.46 bits per heavy atom. The molecule has 1 saturated heterocycles. The van der Waals surface area contributed by atoms with Gasteiger partial charge in [-0.1, -0.05) is 36.4 Å². The highest BCUT2D eigenvalue weighted by Crippen LogP contribution is 2.08. The van der Waals surface area contributed by atoms with Gasteiger partial charge in [-0.25, -0.2) is 9.59 Å². The van der Waals surface area contributed by atoms with Crippen LogP contribution in [0.25, 0.3) is 0 Å². The van der Waals surface area contributed by atoms with E-state index in [4.69, 9.17) is 19.8 Å². The zero-order valence-electron chi connectivity index (χ0n) is 15.9. The van der Waals surface area contributed by atoms with Crippen molar-refractivity contribution in [1.29, 1.82) is 0 Å². The molecular formula is C21H27N3O4. The summed E-state index contributed by atoms with van der Waals surface area (Å²) in [5.41, 5.74) is 2.64. The molecule has 28 heavy (non-hydrogen) atoms. The van der Waals surface area contributed by atoms with Crippen LogP contribution in [0.1, 0.15) is 17.7 Å². The molecular weight excluding hydrogens is 358 g/mol. The molecule has 150 valence electrons. The summed E-state index contributed by atoms with van der Waals surface area (Å²) in [5.74, 6) is -3.65. The van der Waals surface area contributed by atoms with Crippen LogP contribution in [0, 0.1) is 0 Å². The second-order valence-electron chi connectivity index (χ2n) is 6.64. The number of hydrogen-bond donors (Lipinski definition) is 2. The third-order valence-electron chi connectivity index (χ3n) is 4.54. The highest BCUT2D eigenvalue weighted by molar-refractivity contribution is 6.27. The topological polar surface area (TPSA) is 94.0 Å². The minimum Gasteiger partial charge on any atom is -0.473 e. The van der Waals surface area contributed by atoms with E-state index in [1.807, 2.05) is 12.3 Å². The van der Waals surface area contributed by atoms with Crippen LogP contribution in [-0.4, -0.2) is 69.7 Å². The van der Waals surface area contributed by atoms with Crippen molar-refractivity contribution in [3.8, 4) is 0 Å². The molecule has 0 radical (unpaired) electrons. The van der Waals surface area contributed by atoms with Gasteiger partial charge in [0.15, 0.2) is 0 Å². The zero-order valence-corrected chi connectivity index (χ0v) is 15.9. The van der Waals surface area contributed by atoms with E-state index >= 15 is 0 Å². The SMILES string of the molecule is O=C(O)C(=O)O.c1ccc(CCCN2CCN(Cc3ccccn3)CC2)cc1. The minimum absolute atomic E-state index is 0.985. The third-order valence-corrected chi connectivity index (χ3v) is 4.54. The zero-order chi connectivity index (χ0) is 20.2. The summed E-state index contributed by atoms with van der Waals surface area (Å²) < 4.78 is 0. The van der Waals surface area contributed by atoms with Gasteiger partial charge < -0.3 is 15.1 Å². The molecule has 7 heteroatoms. The molecule has 1 aliphatic rings. The van der Waals surface area contributed by atoms with Crippen LogP contribution in [0.2, 0.25) is 0 Å². The van der Waals surface area contributed by atoms with Crippen LogP contribution < -0.4 is 0 Å². The summed E-state index contributed by atoms with van der Waals surface area (Å²) in [6, 6.07) is 17.0. The van der Waals surface area contributed by atoms with Gasteiger partial charge in [-0.3, -0.25) is 9.88 Å². The fourth-order valence-corrected chi connectivity index (χ4v) is 3.04. The van der Waals surface area contributed by atoms with Gasteiger partial charge in [0.2, 0.25) is 0 Å². The Kier molecular flexibility index (Phi) is 9.10. The molecule has 1 fully saturated rings. The first-order valence-corrected chi connectivity index (χ1v) is 9.39. The molecule has 0 amide bonds. The minimum atomic E-state index is -1.82. The maximum absolute atomic E-state index is 9.10. The molecule has 2 heterocycles. The van der Waals surface area contributed by atoms with Gasteiger partial charge >= 0.3 is 11.9 Å². The van der Waals surface area contributed by atoms with Crippen molar-refractivity contribution in [2.24, 2.45) is 0 Å². The molecule has 3 rings (SSSR count). The van der Waals surface area contributed by atoms with Crippen LogP contribution in [-0.2, 0) is 22.6 Å². The summed E-state index contributed by atoms with van der Waals surface area (Å²) in [6.45, 7) is 6.87. The first-order valence-electron chi connectivity index (χ1n) is 9.39. The molecule has 0 atom stereocenters. The van der Waals surface area contributed by atoms with E-state index in [9.17, 15) is 0 Å². The van der Waals surface area contributed by atoms with E-state index in [1.54, 1.807) is 0 Å². The number of nitrogens with zero attached hydrogens (tertiary/aromatic N) is 3. The maximum atomic E-state index is 9.10. The molecule has 0 unspecified atom stereocenters. The quantitative estimate of drug-likeness (QED) is 0.735. The average molecular weight is 385 g/mol. The van der Waals surface area contributed by atoms with Gasteiger partial charge in [0.05, 0.1) is 5.69 Å². The number of aliphatic carboxylic acids is 2. The lowest BCUT2D eigenvalue weighted by Gasteiger charge is -2.34. The lowest BCUT2D eigenvalue weighted by Crippen LogP contribution is -2.46. The molecule has 2 N–H and O–H groups in total. The van der Waals surface area contributed by atoms with Crippen LogP contribution in [0.3, 0.4) is 0 Å². The second-order valence-corrected chi connectivity index (χ2v) is 6.64. The van der Waals surface area contributed by atoms with Crippen molar-refractivity contribution >= 4 is 11.9 Å². The molecule has 1 aliphatic heterocycles. The number of rotatable bonds is 6. The van der Waals surface area contributed by atoms with Gasteiger partial charge in [-0.05, 0) is 37.1 Å². The number of aryl methyl sites for hydroxylation is 1. The van der Waals surface area contributed by atoms with Crippen molar-refractivity contribution in [2.45, 2.75) is 19.4 Å². The number of aromatic nitrogens is 1. The number of carbonyl (C=O) groups is 2. The maximum Gasteiger partial charge on any atom is 0.414 e. The number of benzene rings is 1. The van der Waals surface area contributed by atoms with Crippen molar-refractivity contribution < 1.29 is 19.8 Å². The van der Waals surface area contributed by atoms with Gasteiger partial charge in [0.25, 0.3) is 0 Å². The van der Waals surface area contributed by atoms with Crippen molar-refractivity contribution in [3.05, 3.63) is 66.0 Å². The van der Waals surface area contributed by atoms with Gasteiger partial charge in [-0.2, -0.15) is 0 Å². The monoisotopic (exact) mass is 385 g/mol. The molecule has 1 aromatic heterocycles. The second kappa shape index (κ2) is 11.8. The predicted molar refractivity (Wildman–Crippen MR) is 106 cm³/mol. The number of pyridine rings is 1. The number of hydrogen-bond acceptors (Lipinski definition) is 5. The van der Waals surface area contributed by atoms with E-state index in [2.05, 4.69) is 57.2 Å². The summed E-state index contributed by atoms with van der Waals surface area (Å²) in [5, 5.41) is 14.8. The van der Waals surface area contributed by atoms with Gasteiger partial charge in [0.1, 0.15) is 0 Å².